The van der Waals surface area contributed by atoms with E-state index in [1.165, 1.54) is 18.2 Å². The molecule has 0 radical (unpaired) electrons. The number of aryl methyl sites for hydroxylation is 1. The number of benzene rings is 2. The van der Waals surface area contributed by atoms with Crippen LogP contribution < -0.4 is 5.32 Å². The molecular weight excluding hydrogens is 302 g/mol. The van der Waals surface area contributed by atoms with E-state index in [-0.39, 0.29) is 11.5 Å². The third kappa shape index (κ3) is 4.20. The molecule has 5 heteroatoms. The van der Waals surface area contributed by atoms with Crippen molar-refractivity contribution in [3.05, 3.63) is 70.3 Å². The van der Waals surface area contributed by atoms with Crippen LogP contribution >= 0.6 is 11.6 Å². The molecule has 4 nitrogen and oxygen atoms in total. The van der Waals surface area contributed by atoms with Crippen molar-refractivity contribution in [3.63, 3.8) is 0 Å². The van der Waals surface area contributed by atoms with E-state index in [4.69, 9.17) is 16.7 Å². The van der Waals surface area contributed by atoms with Crippen LogP contribution in [0.1, 0.15) is 21.5 Å². The average Bonchev–Trinajstić information content (AvgIpc) is 2.47. The summed E-state index contributed by atoms with van der Waals surface area (Å²) >= 11 is 5.88. The predicted molar refractivity (Wildman–Crippen MR) is 87.3 cm³/mol. The lowest BCUT2D eigenvalue weighted by Gasteiger charge is -2.03. The van der Waals surface area contributed by atoms with E-state index in [0.717, 1.165) is 11.1 Å². The lowest BCUT2D eigenvalue weighted by molar-refractivity contribution is -0.111. The zero-order chi connectivity index (χ0) is 16.1. The van der Waals surface area contributed by atoms with Gasteiger partial charge in [-0.25, -0.2) is 4.79 Å². The number of nitrogens with one attached hydrogen (secondary N) is 1. The van der Waals surface area contributed by atoms with Gasteiger partial charge in [0.2, 0.25) is 5.91 Å². The number of hydrogen-bond donors (Lipinski definition) is 2. The molecule has 0 heterocycles. The van der Waals surface area contributed by atoms with Crippen molar-refractivity contribution < 1.29 is 14.7 Å². The lowest BCUT2D eigenvalue weighted by Crippen LogP contribution is -2.08. The minimum atomic E-state index is -1.00. The molecule has 22 heavy (non-hydrogen) atoms. The molecule has 2 aromatic rings. The summed E-state index contributed by atoms with van der Waals surface area (Å²) in [6.45, 7) is 1.91. The molecule has 0 bridgehead atoms. The van der Waals surface area contributed by atoms with E-state index in [1.807, 2.05) is 19.1 Å². The van der Waals surface area contributed by atoms with Gasteiger partial charge < -0.3 is 10.4 Å². The molecule has 0 aromatic heterocycles. The molecule has 0 aliphatic rings. The Morgan fingerprint density at radius 3 is 2.41 bits per heavy atom. The SMILES string of the molecule is Cc1cc(Cl)ccc1/C=C/C(=O)Nc1ccc(C(=O)O)cc1. The van der Waals surface area contributed by atoms with E-state index < -0.39 is 5.97 Å². The van der Waals surface area contributed by atoms with Gasteiger partial charge >= 0.3 is 5.97 Å². The number of anilines is 1. The van der Waals surface area contributed by atoms with Gasteiger partial charge in [0, 0.05) is 16.8 Å². The zero-order valence-electron chi connectivity index (χ0n) is 11.8. The standard InChI is InChI=1S/C17H14ClNO3/c1-11-10-14(18)6-2-12(11)5-9-16(20)19-15-7-3-13(4-8-15)17(21)22/h2-10H,1H3,(H,19,20)(H,21,22)/b9-5+. The second-order valence-electron chi connectivity index (χ2n) is 4.71. The quantitative estimate of drug-likeness (QED) is 0.838. The Labute approximate surface area is 133 Å². The summed E-state index contributed by atoms with van der Waals surface area (Å²) in [7, 11) is 0. The molecule has 0 fully saturated rings. The van der Waals surface area contributed by atoms with Crippen molar-refractivity contribution >= 4 is 35.2 Å². The number of hydrogen-bond acceptors (Lipinski definition) is 2. The van der Waals surface area contributed by atoms with Gasteiger partial charge in [-0.05, 0) is 60.5 Å². The first kappa shape index (κ1) is 15.8. The highest BCUT2D eigenvalue weighted by atomic mass is 35.5. The van der Waals surface area contributed by atoms with E-state index >= 15 is 0 Å². The third-order valence-electron chi connectivity index (χ3n) is 3.05. The van der Waals surface area contributed by atoms with E-state index in [9.17, 15) is 9.59 Å². The molecule has 0 aliphatic carbocycles. The number of rotatable bonds is 4. The molecule has 0 saturated carbocycles. The van der Waals surface area contributed by atoms with Gasteiger partial charge in [0.25, 0.3) is 0 Å². The maximum absolute atomic E-state index is 11.8. The highest BCUT2D eigenvalue weighted by Crippen LogP contribution is 2.16. The van der Waals surface area contributed by atoms with E-state index in [2.05, 4.69) is 5.32 Å². The maximum Gasteiger partial charge on any atom is 0.335 e. The predicted octanol–water partition coefficient (Wildman–Crippen LogP) is 4.00. The average molecular weight is 316 g/mol. The molecular formula is C17H14ClNO3. The first-order chi connectivity index (χ1) is 10.5. The smallest absolute Gasteiger partial charge is 0.335 e. The molecule has 0 saturated heterocycles. The molecule has 1 amide bonds. The Morgan fingerprint density at radius 1 is 1.14 bits per heavy atom. The monoisotopic (exact) mass is 315 g/mol. The molecule has 112 valence electrons. The van der Waals surface area contributed by atoms with E-state index in [1.54, 1.807) is 24.3 Å². The minimum absolute atomic E-state index is 0.172. The van der Waals surface area contributed by atoms with Gasteiger partial charge in [0.15, 0.2) is 0 Å². The van der Waals surface area contributed by atoms with Crippen molar-refractivity contribution in [1.29, 1.82) is 0 Å². The van der Waals surface area contributed by atoms with Crippen molar-refractivity contribution in [2.45, 2.75) is 6.92 Å². The Kier molecular flexibility index (Phi) is 4.96. The van der Waals surface area contributed by atoms with Crippen molar-refractivity contribution in [3.8, 4) is 0 Å². The number of carboxylic acid groups (broad SMARTS) is 1. The van der Waals surface area contributed by atoms with Gasteiger partial charge in [-0.2, -0.15) is 0 Å². The molecule has 0 atom stereocenters. The topological polar surface area (TPSA) is 66.4 Å². The first-order valence-electron chi connectivity index (χ1n) is 6.54. The number of carboxylic acids is 1. The Balaban J connectivity index is 2.03. The van der Waals surface area contributed by atoms with Crippen molar-refractivity contribution in [1.82, 2.24) is 0 Å². The Morgan fingerprint density at radius 2 is 1.82 bits per heavy atom. The van der Waals surface area contributed by atoms with Crippen LogP contribution in [0.4, 0.5) is 5.69 Å². The van der Waals surface area contributed by atoms with Crippen molar-refractivity contribution in [2.75, 3.05) is 5.32 Å². The summed E-state index contributed by atoms with van der Waals surface area (Å²) < 4.78 is 0. The third-order valence-corrected chi connectivity index (χ3v) is 3.28. The highest BCUT2D eigenvalue weighted by molar-refractivity contribution is 6.30. The van der Waals surface area contributed by atoms with Crippen LogP contribution in [0.2, 0.25) is 5.02 Å². The van der Waals surface area contributed by atoms with Gasteiger partial charge in [0.05, 0.1) is 5.56 Å². The fourth-order valence-electron chi connectivity index (χ4n) is 1.87. The van der Waals surface area contributed by atoms with Crippen LogP contribution in [0.25, 0.3) is 6.08 Å². The minimum Gasteiger partial charge on any atom is -0.478 e. The Bertz CT molecular complexity index is 736. The number of amides is 1. The normalized spacial score (nSPS) is 10.6. The van der Waals surface area contributed by atoms with Crippen LogP contribution in [0.3, 0.4) is 0 Å². The number of carbonyl (C=O) groups is 2. The van der Waals surface area contributed by atoms with Crippen LogP contribution in [-0.4, -0.2) is 17.0 Å². The van der Waals surface area contributed by atoms with Crippen LogP contribution in [0.15, 0.2) is 48.5 Å². The summed E-state index contributed by atoms with van der Waals surface area (Å²) in [5.41, 5.74) is 2.58. The fourth-order valence-corrected chi connectivity index (χ4v) is 2.10. The molecule has 2 N–H and O–H groups in total. The zero-order valence-corrected chi connectivity index (χ0v) is 12.6. The molecule has 2 aromatic carbocycles. The number of carbonyl (C=O) groups excluding carboxylic acids is 1. The fraction of sp³-hybridized carbons (Fsp3) is 0.0588. The van der Waals surface area contributed by atoms with Gasteiger partial charge in [-0.1, -0.05) is 17.7 Å². The summed E-state index contributed by atoms with van der Waals surface area (Å²) in [6.07, 6.45) is 3.12. The first-order valence-corrected chi connectivity index (χ1v) is 6.92. The van der Waals surface area contributed by atoms with Crippen molar-refractivity contribution in [2.24, 2.45) is 0 Å². The summed E-state index contributed by atoms with van der Waals surface area (Å²) in [5.74, 6) is -1.30. The second kappa shape index (κ2) is 6.91. The second-order valence-corrected chi connectivity index (χ2v) is 5.14. The molecule has 0 spiro atoms. The summed E-state index contributed by atoms with van der Waals surface area (Å²) in [6, 6.07) is 11.4. The van der Waals surface area contributed by atoms with Crippen LogP contribution in [0, 0.1) is 6.92 Å². The van der Waals surface area contributed by atoms with Gasteiger partial charge in [-0.15, -0.1) is 0 Å². The number of halogens is 1. The van der Waals surface area contributed by atoms with Crippen LogP contribution in [0.5, 0.6) is 0 Å². The number of aromatic carboxylic acids is 1. The molecule has 2 rings (SSSR count). The molecule has 0 aliphatic heterocycles. The van der Waals surface area contributed by atoms with Gasteiger partial charge in [0.1, 0.15) is 0 Å². The summed E-state index contributed by atoms with van der Waals surface area (Å²) in [5, 5.41) is 12.1. The van der Waals surface area contributed by atoms with E-state index in [0.29, 0.717) is 10.7 Å². The molecule has 0 unspecified atom stereocenters. The Hall–Kier alpha value is -2.59. The lowest BCUT2D eigenvalue weighted by atomic mass is 10.1. The maximum atomic E-state index is 11.8. The van der Waals surface area contributed by atoms with Gasteiger partial charge in [-0.3, -0.25) is 4.79 Å². The largest absolute Gasteiger partial charge is 0.478 e. The van der Waals surface area contributed by atoms with Crippen LogP contribution in [-0.2, 0) is 4.79 Å². The summed E-state index contributed by atoms with van der Waals surface area (Å²) in [4.78, 5) is 22.6. The highest BCUT2D eigenvalue weighted by Gasteiger charge is 2.03.